The number of aromatic nitrogens is 3. The molecule has 0 aliphatic carbocycles. The predicted octanol–water partition coefficient (Wildman–Crippen LogP) is 4.00. The molecule has 0 aliphatic rings. The molecule has 0 spiro atoms. The summed E-state index contributed by atoms with van der Waals surface area (Å²) >= 11 is 0. The maximum absolute atomic E-state index is 11.1. The molecule has 1 aromatic heterocycles. The smallest absolute Gasteiger partial charge is 0.335 e. The van der Waals surface area contributed by atoms with Gasteiger partial charge in [-0.3, -0.25) is 4.57 Å². The molecule has 0 atom stereocenters. The van der Waals surface area contributed by atoms with Crippen molar-refractivity contribution in [3.8, 4) is 28.5 Å². The molecule has 0 aliphatic heterocycles. The van der Waals surface area contributed by atoms with Gasteiger partial charge in [0.15, 0.2) is 11.6 Å². The summed E-state index contributed by atoms with van der Waals surface area (Å²) in [4.78, 5) is 22.3. The first-order valence-electron chi connectivity index (χ1n) is 8.73. The van der Waals surface area contributed by atoms with Gasteiger partial charge in [0.25, 0.3) is 0 Å². The molecule has 4 rings (SSSR count). The third kappa shape index (κ3) is 3.49. The SMILES string of the molecule is O=C(O)c1ccc(-c2nnc(-c3ccc(C(=O)O)cc3)n2-c2ccccc2)cc1. The summed E-state index contributed by atoms with van der Waals surface area (Å²) in [6.45, 7) is 0. The summed E-state index contributed by atoms with van der Waals surface area (Å²) in [6.07, 6.45) is 0. The number of hydrogen-bond donors (Lipinski definition) is 2. The van der Waals surface area contributed by atoms with E-state index in [4.69, 9.17) is 10.2 Å². The predicted molar refractivity (Wildman–Crippen MR) is 106 cm³/mol. The van der Waals surface area contributed by atoms with E-state index in [0.717, 1.165) is 5.69 Å². The molecular weight excluding hydrogens is 370 g/mol. The van der Waals surface area contributed by atoms with Crippen molar-refractivity contribution in [1.82, 2.24) is 14.8 Å². The Hall–Kier alpha value is -4.26. The molecule has 1 heterocycles. The molecule has 7 heteroatoms. The van der Waals surface area contributed by atoms with E-state index < -0.39 is 11.9 Å². The number of carboxylic acids is 2. The first kappa shape index (κ1) is 18.1. The largest absolute Gasteiger partial charge is 0.478 e. The van der Waals surface area contributed by atoms with Crippen LogP contribution in [0.15, 0.2) is 78.9 Å². The van der Waals surface area contributed by atoms with E-state index in [9.17, 15) is 9.59 Å². The molecule has 0 saturated carbocycles. The Labute approximate surface area is 165 Å². The van der Waals surface area contributed by atoms with E-state index in [2.05, 4.69) is 10.2 Å². The van der Waals surface area contributed by atoms with Gasteiger partial charge >= 0.3 is 11.9 Å². The number of aromatic carboxylic acids is 2. The average molecular weight is 385 g/mol. The second-order valence-electron chi connectivity index (χ2n) is 6.28. The second-order valence-corrected chi connectivity index (χ2v) is 6.28. The Balaban J connectivity index is 1.87. The van der Waals surface area contributed by atoms with Gasteiger partial charge in [-0.15, -0.1) is 10.2 Å². The zero-order valence-corrected chi connectivity index (χ0v) is 15.1. The summed E-state index contributed by atoms with van der Waals surface area (Å²) in [7, 11) is 0. The Morgan fingerprint density at radius 3 is 1.41 bits per heavy atom. The number of rotatable bonds is 5. The molecule has 4 aromatic rings. The van der Waals surface area contributed by atoms with E-state index in [1.807, 2.05) is 34.9 Å². The minimum Gasteiger partial charge on any atom is -0.478 e. The van der Waals surface area contributed by atoms with Crippen molar-refractivity contribution < 1.29 is 19.8 Å². The van der Waals surface area contributed by atoms with E-state index in [-0.39, 0.29) is 11.1 Å². The summed E-state index contributed by atoms with van der Waals surface area (Å²) in [5, 5.41) is 26.9. The third-order valence-corrected chi connectivity index (χ3v) is 4.46. The molecule has 0 unspecified atom stereocenters. The van der Waals surface area contributed by atoms with Crippen LogP contribution in [0.3, 0.4) is 0 Å². The van der Waals surface area contributed by atoms with E-state index in [1.54, 1.807) is 24.3 Å². The number of benzene rings is 3. The maximum Gasteiger partial charge on any atom is 0.335 e. The molecule has 0 amide bonds. The van der Waals surface area contributed by atoms with Gasteiger partial charge in [-0.2, -0.15) is 0 Å². The normalized spacial score (nSPS) is 10.6. The molecule has 0 radical (unpaired) electrons. The van der Waals surface area contributed by atoms with Crippen LogP contribution in [0.1, 0.15) is 20.7 Å². The first-order valence-corrected chi connectivity index (χ1v) is 8.73. The Kier molecular flexibility index (Phi) is 4.62. The van der Waals surface area contributed by atoms with Gasteiger partial charge in [-0.25, -0.2) is 9.59 Å². The van der Waals surface area contributed by atoms with Crippen molar-refractivity contribution in [3.63, 3.8) is 0 Å². The van der Waals surface area contributed by atoms with Crippen molar-refractivity contribution in [1.29, 1.82) is 0 Å². The van der Waals surface area contributed by atoms with E-state index in [0.29, 0.717) is 22.8 Å². The topological polar surface area (TPSA) is 105 Å². The molecule has 0 bridgehead atoms. The molecule has 29 heavy (non-hydrogen) atoms. The fourth-order valence-electron chi connectivity index (χ4n) is 3.00. The van der Waals surface area contributed by atoms with Gasteiger partial charge in [0.05, 0.1) is 11.1 Å². The maximum atomic E-state index is 11.1. The van der Waals surface area contributed by atoms with Crippen molar-refractivity contribution in [2.75, 3.05) is 0 Å². The Morgan fingerprint density at radius 1 is 0.621 bits per heavy atom. The highest BCUT2D eigenvalue weighted by Crippen LogP contribution is 2.28. The number of nitrogens with zero attached hydrogens (tertiary/aromatic N) is 3. The second kappa shape index (κ2) is 7.40. The lowest BCUT2D eigenvalue weighted by atomic mass is 10.1. The summed E-state index contributed by atoms with van der Waals surface area (Å²) < 4.78 is 1.85. The highest BCUT2D eigenvalue weighted by atomic mass is 16.4. The minimum absolute atomic E-state index is 0.184. The molecule has 0 saturated heterocycles. The number of hydrogen-bond acceptors (Lipinski definition) is 4. The molecule has 3 aromatic carbocycles. The van der Waals surface area contributed by atoms with Crippen LogP contribution in [-0.2, 0) is 0 Å². The van der Waals surface area contributed by atoms with Crippen LogP contribution in [0.2, 0.25) is 0 Å². The zero-order valence-electron chi connectivity index (χ0n) is 15.1. The minimum atomic E-state index is -1.000. The van der Waals surface area contributed by atoms with Gasteiger partial charge in [0.1, 0.15) is 0 Å². The summed E-state index contributed by atoms with van der Waals surface area (Å²) in [5.41, 5.74) is 2.61. The first-order chi connectivity index (χ1) is 14.0. The van der Waals surface area contributed by atoms with Gasteiger partial charge < -0.3 is 10.2 Å². The van der Waals surface area contributed by atoms with Gasteiger partial charge in [0.2, 0.25) is 0 Å². The van der Waals surface area contributed by atoms with Crippen LogP contribution in [0.25, 0.3) is 28.5 Å². The highest BCUT2D eigenvalue weighted by Gasteiger charge is 2.18. The zero-order chi connectivity index (χ0) is 20.4. The summed E-state index contributed by atoms with van der Waals surface area (Å²) in [5.74, 6) is -0.906. The molecular formula is C22H15N3O4. The number of para-hydroxylation sites is 1. The molecule has 2 N–H and O–H groups in total. The molecule has 142 valence electrons. The number of carboxylic acid groups (broad SMARTS) is 2. The van der Waals surface area contributed by atoms with E-state index in [1.165, 1.54) is 24.3 Å². The van der Waals surface area contributed by atoms with Crippen LogP contribution >= 0.6 is 0 Å². The van der Waals surface area contributed by atoms with Gasteiger partial charge in [-0.1, -0.05) is 42.5 Å². The fourth-order valence-corrected chi connectivity index (χ4v) is 3.00. The standard InChI is InChI=1S/C22H15N3O4/c26-21(27)16-10-6-14(7-11-16)19-23-24-20(25(19)18-4-2-1-3-5-18)15-8-12-17(13-9-15)22(28)29/h1-13H,(H,26,27)(H,28,29). The van der Waals surface area contributed by atoms with Crippen LogP contribution in [0, 0.1) is 0 Å². The van der Waals surface area contributed by atoms with Crippen LogP contribution in [-0.4, -0.2) is 36.9 Å². The Morgan fingerprint density at radius 2 is 1.03 bits per heavy atom. The lowest BCUT2D eigenvalue weighted by Gasteiger charge is -2.11. The third-order valence-electron chi connectivity index (χ3n) is 4.46. The quantitative estimate of drug-likeness (QED) is 0.538. The fraction of sp³-hybridized carbons (Fsp3) is 0. The van der Waals surface area contributed by atoms with Crippen molar-refractivity contribution in [2.45, 2.75) is 0 Å². The number of carbonyl (C=O) groups is 2. The lowest BCUT2D eigenvalue weighted by Crippen LogP contribution is -2.01. The van der Waals surface area contributed by atoms with Crippen molar-refractivity contribution in [2.24, 2.45) is 0 Å². The monoisotopic (exact) mass is 385 g/mol. The molecule has 0 fully saturated rings. The van der Waals surface area contributed by atoms with Crippen LogP contribution in [0.4, 0.5) is 0 Å². The van der Waals surface area contributed by atoms with Crippen LogP contribution in [0.5, 0.6) is 0 Å². The summed E-state index contributed by atoms with van der Waals surface area (Å²) in [6, 6.07) is 22.3. The van der Waals surface area contributed by atoms with Crippen molar-refractivity contribution >= 4 is 11.9 Å². The van der Waals surface area contributed by atoms with Crippen LogP contribution < -0.4 is 0 Å². The van der Waals surface area contributed by atoms with Crippen molar-refractivity contribution in [3.05, 3.63) is 90.0 Å². The van der Waals surface area contributed by atoms with Gasteiger partial charge in [-0.05, 0) is 36.4 Å². The van der Waals surface area contributed by atoms with Gasteiger partial charge in [0, 0.05) is 16.8 Å². The Bertz CT molecular complexity index is 1110. The lowest BCUT2D eigenvalue weighted by molar-refractivity contribution is 0.0686. The average Bonchev–Trinajstić information content (AvgIpc) is 3.19. The van der Waals surface area contributed by atoms with E-state index >= 15 is 0 Å². The highest BCUT2D eigenvalue weighted by molar-refractivity contribution is 5.89. The molecule has 7 nitrogen and oxygen atoms in total.